The standard InChI is InChI=1S/C34H41FN6O4S/c1-38-20-29(19-37-38)46(44,45)28-13-11-27(12-14-28)41-23-33(35,24-41)22-40-17-15-26(16-18-40)34(21-36,25-7-4-3-5-8-25)30-9-6-10-31(30)39(2)32(42)43/h3-5,7-8,11-14,19-20,26,30-31H,6,9-10,15-18,22-24H2,1-2H3,(H,42,43)/t30-,31-,34?/m1/s1. The van der Waals surface area contributed by atoms with Crippen LogP contribution in [-0.4, -0.2) is 90.7 Å². The van der Waals surface area contributed by atoms with Crippen molar-refractivity contribution in [3.63, 3.8) is 0 Å². The van der Waals surface area contributed by atoms with E-state index in [-0.39, 0.29) is 40.8 Å². The van der Waals surface area contributed by atoms with Gasteiger partial charge in [-0.1, -0.05) is 36.8 Å². The van der Waals surface area contributed by atoms with Crippen LogP contribution in [0.3, 0.4) is 0 Å². The Hall–Kier alpha value is -3.95. The van der Waals surface area contributed by atoms with Crippen LogP contribution in [0.5, 0.6) is 0 Å². The van der Waals surface area contributed by atoms with Crippen molar-refractivity contribution in [2.75, 3.05) is 44.7 Å². The molecule has 3 aliphatic rings. The third-order valence-corrected chi connectivity index (χ3v) is 12.2. The number of aromatic nitrogens is 2. The molecular formula is C34H41FN6O4S. The molecule has 1 N–H and O–H groups in total. The number of benzene rings is 2. The minimum Gasteiger partial charge on any atom is -0.465 e. The molecule has 10 nitrogen and oxygen atoms in total. The summed E-state index contributed by atoms with van der Waals surface area (Å²) >= 11 is 0. The van der Waals surface area contributed by atoms with Crippen LogP contribution >= 0.6 is 0 Å². The molecule has 1 unspecified atom stereocenters. The van der Waals surface area contributed by atoms with Crippen molar-refractivity contribution in [3.05, 3.63) is 72.6 Å². The molecular weight excluding hydrogens is 607 g/mol. The maximum absolute atomic E-state index is 15.9. The minimum atomic E-state index is -3.67. The number of piperidine rings is 1. The first-order valence-corrected chi connectivity index (χ1v) is 17.4. The van der Waals surface area contributed by atoms with E-state index in [9.17, 15) is 23.6 Å². The molecule has 244 valence electrons. The third-order valence-electron chi connectivity index (χ3n) is 10.5. The highest BCUT2D eigenvalue weighted by Gasteiger charge is 2.54. The number of sulfone groups is 1. The first-order valence-electron chi connectivity index (χ1n) is 15.9. The van der Waals surface area contributed by atoms with E-state index >= 15 is 4.39 Å². The summed E-state index contributed by atoms with van der Waals surface area (Å²) in [6.07, 6.45) is 5.70. The average Bonchev–Trinajstić information content (AvgIpc) is 3.72. The molecule has 0 radical (unpaired) electrons. The molecule has 1 saturated carbocycles. The van der Waals surface area contributed by atoms with E-state index in [0.717, 1.165) is 43.4 Å². The Bertz CT molecular complexity index is 1690. The highest BCUT2D eigenvalue weighted by molar-refractivity contribution is 7.91. The summed E-state index contributed by atoms with van der Waals surface area (Å²) in [6, 6.07) is 18.9. The Balaban J connectivity index is 1.10. The average molecular weight is 649 g/mol. The molecule has 2 saturated heterocycles. The molecule has 0 spiro atoms. The molecule has 1 amide bonds. The lowest BCUT2D eigenvalue weighted by molar-refractivity contribution is 0.0314. The van der Waals surface area contributed by atoms with Crippen LogP contribution in [0.1, 0.15) is 37.7 Å². The second-order valence-electron chi connectivity index (χ2n) is 13.2. The smallest absolute Gasteiger partial charge is 0.407 e. The molecule has 2 aliphatic heterocycles. The number of carbonyl (C=O) groups is 1. The second-order valence-corrected chi connectivity index (χ2v) is 15.2. The zero-order valence-electron chi connectivity index (χ0n) is 26.3. The van der Waals surface area contributed by atoms with E-state index in [2.05, 4.69) is 16.1 Å². The van der Waals surface area contributed by atoms with Crippen LogP contribution in [0.2, 0.25) is 0 Å². The molecule has 2 aromatic carbocycles. The van der Waals surface area contributed by atoms with Crippen LogP contribution in [0.4, 0.5) is 14.9 Å². The Kier molecular flexibility index (Phi) is 8.59. The van der Waals surface area contributed by atoms with Crippen LogP contribution in [0, 0.1) is 23.2 Å². The summed E-state index contributed by atoms with van der Waals surface area (Å²) in [5, 5.41) is 24.7. The normalized spacial score (nSPS) is 23.3. The second kappa shape index (κ2) is 12.3. The van der Waals surface area contributed by atoms with Gasteiger partial charge in [-0.05, 0) is 74.5 Å². The molecule has 1 aromatic heterocycles. The van der Waals surface area contributed by atoms with E-state index in [1.165, 1.54) is 22.0 Å². The number of hydrogen-bond donors (Lipinski definition) is 1. The molecule has 0 bridgehead atoms. The molecule has 1 aliphatic carbocycles. The number of rotatable bonds is 9. The summed E-state index contributed by atoms with van der Waals surface area (Å²) in [7, 11) is -0.398. The number of nitrogens with zero attached hydrogens (tertiary/aromatic N) is 6. The highest BCUT2D eigenvalue weighted by atomic mass is 32.2. The van der Waals surface area contributed by atoms with Gasteiger partial charge in [-0.15, -0.1) is 0 Å². The van der Waals surface area contributed by atoms with Crippen molar-refractivity contribution in [2.45, 2.75) is 59.0 Å². The fraction of sp³-hybridized carbons (Fsp3) is 0.500. The summed E-state index contributed by atoms with van der Waals surface area (Å²) < 4.78 is 43.2. The fourth-order valence-corrected chi connectivity index (χ4v) is 9.40. The van der Waals surface area contributed by atoms with Crippen molar-refractivity contribution in [2.24, 2.45) is 18.9 Å². The number of nitriles is 1. The van der Waals surface area contributed by atoms with Crippen LogP contribution in [-0.2, 0) is 22.3 Å². The number of alkyl halides is 1. The SMILES string of the molecule is CN(C(=O)O)[C@@H]1CCC[C@H]1C(C#N)(c1ccccc1)C1CCN(CC2(F)CN(c3ccc(S(=O)(=O)c4cnn(C)c4)cc3)C2)CC1. The van der Waals surface area contributed by atoms with E-state index in [1.54, 1.807) is 38.4 Å². The third kappa shape index (κ3) is 5.75. The lowest BCUT2D eigenvalue weighted by Gasteiger charge is -2.50. The number of amides is 1. The molecule has 3 atom stereocenters. The number of hydrogen-bond acceptors (Lipinski definition) is 7. The Labute approximate surface area is 269 Å². The van der Waals surface area contributed by atoms with Gasteiger partial charge in [0.05, 0.1) is 35.7 Å². The predicted molar refractivity (Wildman–Crippen MR) is 171 cm³/mol. The summed E-state index contributed by atoms with van der Waals surface area (Å²) in [5.41, 5.74) is -0.492. The molecule has 3 aromatic rings. The topological polar surface area (TPSA) is 123 Å². The van der Waals surface area contributed by atoms with E-state index < -0.39 is 27.0 Å². The van der Waals surface area contributed by atoms with E-state index in [4.69, 9.17) is 0 Å². The maximum Gasteiger partial charge on any atom is 0.407 e. The zero-order chi connectivity index (χ0) is 32.7. The number of likely N-dealkylation sites (tertiary alicyclic amines) is 1. The van der Waals surface area contributed by atoms with Crippen LogP contribution < -0.4 is 4.90 Å². The van der Waals surface area contributed by atoms with Gasteiger partial charge in [0, 0.05) is 44.5 Å². The van der Waals surface area contributed by atoms with Crippen molar-refractivity contribution in [1.29, 1.82) is 5.26 Å². The summed E-state index contributed by atoms with van der Waals surface area (Å²) in [6.45, 7) is 2.07. The minimum absolute atomic E-state index is 0.0267. The fourth-order valence-electron chi connectivity index (χ4n) is 8.16. The van der Waals surface area contributed by atoms with Gasteiger partial charge in [0.1, 0.15) is 4.90 Å². The van der Waals surface area contributed by atoms with Crippen molar-refractivity contribution < 1.29 is 22.7 Å². The maximum atomic E-state index is 15.9. The van der Waals surface area contributed by atoms with Gasteiger partial charge in [0.15, 0.2) is 5.67 Å². The van der Waals surface area contributed by atoms with Gasteiger partial charge in [-0.25, -0.2) is 17.6 Å². The highest BCUT2D eigenvalue weighted by Crippen LogP contribution is 2.51. The molecule has 6 rings (SSSR count). The van der Waals surface area contributed by atoms with Gasteiger partial charge in [-0.3, -0.25) is 9.58 Å². The molecule has 3 fully saturated rings. The van der Waals surface area contributed by atoms with E-state index in [0.29, 0.717) is 19.6 Å². The van der Waals surface area contributed by atoms with Crippen LogP contribution in [0.25, 0.3) is 0 Å². The van der Waals surface area contributed by atoms with Gasteiger partial charge >= 0.3 is 6.09 Å². The number of halogens is 1. The number of aryl methyl sites for hydroxylation is 1. The van der Waals surface area contributed by atoms with Crippen LogP contribution in [0.15, 0.2) is 76.8 Å². The lowest BCUT2D eigenvalue weighted by Crippen LogP contribution is -2.64. The Morgan fingerprint density at radius 3 is 2.35 bits per heavy atom. The van der Waals surface area contributed by atoms with Crippen molar-refractivity contribution >= 4 is 21.6 Å². The van der Waals surface area contributed by atoms with Crippen molar-refractivity contribution in [1.82, 2.24) is 19.6 Å². The van der Waals surface area contributed by atoms with Gasteiger partial charge in [-0.2, -0.15) is 10.4 Å². The molecule has 46 heavy (non-hydrogen) atoms. The van der Waals surface area contributed by atoms with Gasteiger partial charge in [0.25, 0.3) is 0 Å². The van der Waals surface area contributed by atoms with Gasteiger partial charge in [0.2, 0.25) is 9.84 Å². The quantitative estimate of drug-likeness (QED) is 0.353. The molecule has 3 heterocycles. The predicted octanol–water partition coefficient (Wildman–Crippen LogP) is 4.73. The first-order chi connectivity index (χ1) is 22.0. The van der Waals surface area contributed by atoms with Crippen molar-refractivity contribution in [3.8, 4) is 6.07 Å². The number of anilines is 1. The van der Waals surface area contributed by atoms with Gasteiger partial charge < -0.3 is 14.9 Å². The molecule has 12 heteroatoms. The number of carboxylic acid groups (broad SMARTS) is 1. The first kappa shape index (κ1) is 32.0. The Morgan fingerprint density at radius 2 is 1.76 bits per heavy atom. The largest absolute Gasteiger partial charge is 0.465 e. The Morgan fingerprint density at radius 1 is 1.09 bits per heavy atom. The lowest BCUT2D eigenvalue weighted by atomic mass is 9.59. The summed E-state index contributed by atoms with van der Waals surface area (Å²) in [5.74, 6) is -0.0881. The van der Waals surface area contributed by atoms with E-state index in [1.807, 2.05) is 35.2 Å². The summed E-state index contributed by atoms with van der Waals surface area (Å²) in [4.78, 5) is 17.7. The monoisotopic (exact) mass is 648 g/mol. The zero-order valence-corrected chi connectivity index (χ0v) is 27.1.